The molecule has 0 amide bonds. The van der Waals surface area contributed by atoms with Crippen molar-refractivity contribution >= 4 is 26.0 Å². The smallest absolute Gasteiger partial charge is 0.243 e. The van der Waals surface area contributed by atoms with Crippen molar-refractivity contribution in [2.24, 2.45) is 0 Å². The van der Waals surface area contributed by atoms with Crippen LogP contribution in [0.2, 0.25) is 0 Å². The van der Waals surface area contributed by atoms with Gasteiger partial charge in [0.1, 0.15) is 5.75 Å². The van der Waals surface area contributed by atoms with Gasteiger partial charge in [-0.2, -0.15) is 4.31 Å². The van der Waals surface area contributed by atoms with Crippen molar-refractivity contribution in [2.45, 2.75) is 30.2 Å². The number of methoxy groups -OCH3 is 1. The molecule has 2 aromatic carbocycles. The Balaban J connectivity index is 2.00. The first kappa shape index (κ1) is 17.5. The van der Waals surface area contributed by atoms with Crippen LogP contribution in [-0.4, -0.2) is 26.4 Å². The molecule has 4 nitrogen and oxygen atoms in total. The summed E-state index contributed by atoms with van der Waals surface area (Å²) in [6.45, 7) is 0.538. The quantitative estimate of drug-likeness (QED) is 0.752. The van der Waals surface area contributed by atoms with Gasteiger partial charge in [-0.05, 0) is 42.7 Å². The minimum absolute atomic E-state index is 0.132. The zero-order valence-electron chi connectivity index (χ0n) is 13.5. The molecule has 3 rings (SSSR count). The van der Waals surface area contributed by atoms with E-state index in [1.165, 1.54) is 7.11 Å². The molecule has 6 heteroatoms. The summed E-state index contributed by atoms with van der Waals surface area (Å²) in [5, 5.41) is 0. The van der Waals surface area contributed by atoms with E-state index in [-0.39, 0.29) is 10.9 Å². The minimum Gasteiger partial charge on any atom is -0.497 e. The van der Waals surface area contributed by atoms with Crippen molar-refractivity contribution in [3.05, 3.63) is 58.6 Å². The van der Waals surface area contributed by atoms with Crippen LogP contribution in [0.5, 0.6) is 5.75 Å². The highest BCUT2D eigenvalue weighted by Gasteiger charge is 2.34. The van der Waals surface area contributed by atoms with E-state index in [2.05, 4.69) is 15.9 Å². The van der Waals surface area contributed by atoms with Crippen LogP contribution in [0.1, 0.15) is 30.9 Å². The summed E-state index contributed by atoms with van der Waals surface area (Å²) < 4.78 is 34.1. The van der Waals surface area contributed by atoms with Crippen LogP contribution in [-0.2, 0) is 10.0 Å². The molecule has 0 saturated carbocycles. The Hall–Kier alpha value is -1.37. The Morgan fingerprint density at radius 2 is 1.92 bits per heavy atom. The Morgan fingerprint density at radius 3 is 2.67 bits per heavy atom. The second-order valence-corrected chi connectivity index (χ2v) is 8.67. The van der Waals surface area contributed by atoms with Gasteiger partial charge in [-0.25, -0.2) is 8.42 Å². The van der Waals surface area contributed by atoms with E-state index in [0.717, 1.165) is 29.3 Å². The molecule has 0 spiro atoms. The number of piperidine rings is 1. The van der Waals surface area contributed by atoms with Gasteiger partial charge in [0.25, 0.3) is 0 Å². The molecule has 1 heterocycles. The van der Waals surface area contributed by atoms with Crippen molar-refractivity contribution in [3.63, 3.8) is 0 Å². The summed E-state index contributed by atoms with van der Waals surface area (Å²) in [6, 6.07) is 14.4. The maximum atomic E-state index is 13.2. The van der Waals surface area contributed by atoms with Gasteiger partial charge in [-0.15, -0.1) is 0 Å². The predicted molar refractivity (Wildman–Crippen MR) is 97.6 cm³/mol. The third-order valence-corrected chi connectivity index (χ3v) is 6.73. The second-order valence-electron chi connectivity index (χ2n) is 5.86. The molecular formula is C18H20BrNO3S. The van der Waals surface area contributed by atoms with E-state index in [0.29, 0.717) is 12.3 Å². The molecule has 1 saturated heterocycles. The zero-order valence-corrected chi connectivity index (χ0v) is 15.9. The van der Waals surface area contributed by atoms with Gasteiger partial charge in [0.2, 0.25) is 10.0 Å². The molecule has 1 atom stereocenters. The standard InChI is InChI=1S/C18H20BrNO3S/c1-23-16-8-5-9-17(13-16)24(21,22)20-11-3-2-10-18(20)14-6-4-7-15(19)12-14/h4-9,12-13,18H,2-3,10-11H2,1H3. The van der Waals surface area contributed by atoms with E-state index >= 15 is 0 Å². The molecule has 128 valence electrons. The lowest BCUT2D eigenvalue weighted by Crippen LogP contribution is -2.38. The monoisotopic (exact) mass is 409 g/mol. The second kappa shape index (κ2) is 7.25. The Labute approximate surface area is 151 Å². The van der Waals surface area contributed by atoms with Gasteiger partial charge in [-0.3, -0.25) is 0 Å². The fourth-order valence-corrected chi connectivity index (χ4v) is 5.27. The molecule has 0 aromatic heterocycles. The lowest BCUT2D eigenvalue weighted by atomic mass is 9.98. The van der Waals surface area contributed by atoms with Gasteiger partial charge in [0, 0.05) is 17.1 Å². The lowest BCUT2D eigenvalue weighted by Gasteiger charge is -2.35. The summed E-state index contributed by atoms with van der Waals surface area (Å²) >= 11 is 3.48. The van der Waals surface area contributed by atoms with Crippen LogP contribution in [0.4, 0.5) is 0 Å². The number of sulfonamides is 1. The van der Waals surface area contributed by atoms with Gasteiger partial charge in [0.05, 0.1) is 18.0 Å². The van der Waals surface area contributed by atoms with Gasteiger partial charge < -0.3 is 4.74 Å². The first-order valence-corrected chi connectivity index (χ1v) is 10.2. The highest BCUT2D eigenvalue weighted by molar-refractivity contribution is 9.10. The molecular weight excluding hydrogens is 390 g/mol. The van der Waals surface area contributed by atoms with E-state index in [1.807, 2.05) is 24.3 Å². The molecule has 24 heavy (non-hydrogen) atoms. The molecule has 0 aliphatic carbocycles. The highest BCUT2D eigenvalue weighted by Crippen LogP contribution is 2.36. The summed E-state index contributed by atoms with van der Waals surface area (Å²) in [7, 11) is -2.03. The average molecular weight is 410 g/mol. The van der Waals surface area contributed by atoms with Crippen LogP contribution in [0.25, 0.3) is 0 Å². The fraction of sp³-hybridized carbons (Fsp3) is 0.333. The fourth-order valence-electron chi connectivity index (χ4n) is 3.14. The summed E-state index contributed by atoms with van der Waals surface area (Å²) in [4.78, 5) is 0.281. The van der Waals surface area contributed by atoms with Crippen molar-refractivity contribution < 1.29 is 13.2 Å². The minimum atomic E-state index is -3.57. The van der Waals surface area contributed by atoms with E-state index < -0.39 is 10.0 Å². The van der Waals surface area contributed by atoms with E-state index in [1.54, 1.807) is 28.6 Å². The molecule has 1 aliphatic rings. The molecule has 0 radical (unpaired) electrons. The van der Waals surface area contributed by atoms with Crippen LogP contribution in [0.3, 0.4) is 0 Å². The number of halogens is 1. The number of hydrogen-bond acceptors (Lipinski definition) is 3. The molecule has 2 aromatic rings. The molecule has 1 unspecified atom stereocenters. The zero-order chi connectivity index (χ0) is 17.2. The van der Waals surface area contributed by atoms with Crippen LogP contribution in [0.15, 0.2) is 57.9 Å². The number of hydrogen-bond donors (Lipinski definition) is 0. The third-order valence-electron chi connectivity index (χ3n) is 4.33. The van der Waals surface area contributed by atoms with Crippen LogP contribution in [0, 0.1) is 0 Å². The van der Waals surface area contributed by atoms with Crippen LogP contribution < -0.4 is 4.74 Å². The number of rotatable bonds is 4. The van der Waals surface area contributed by atoms with Gasteiger partial charge in [-0.1, -0.05) is 40.5 Å². The maximum absolute atomic E-state index is 13.2. The van der Waals surface area contributed by atoms with Crippen molar-refractivity contribution in [2.75, 3.05) is 13.7 Å². The van der Waals surface area contributed by atoms with E-state index in [9.17, 15) is 8.42 Å². The molecule has 0 bridgehead atoms. The molecule has 1 fully saturated rings. The first-order chi connectivity index (χ1) is 11.5. The first-order valence-electron chi connectivity index (χ1n) is 7.94. The van der Waals surface area contributed by atoms with Crippen molar-refractivity contribution in [3.8, 4) is 5.75 Å². The van der Waals surface area contributed by atoms with Crippen molar-refractivity contribution in [1.29, 1.82) is 0 Å². The van der Waals surface area contributed by atoms with Gasteiger partial charge in [0.15, 0.2) is 0 Å². The predicted octanol–water partition coefficient (Wildman–Crippen LogP) is 4.37. The average Bonchev–Trinajstić information content (AvgIpc) is 2.62. The van der Waals surface area contributed by atoms with Gasteiger partial charge >= 0.3 is 0 Å². The summed E-state index contributed by atoms with van der Waals surface area (Å²) in [6.07, 6.45) is 2.74. The maximum Gasteiger partial charge on any atom is 0.243 e. The highest BCUT2D eigenvalue weighted by atomic mass is 79.9. The number of ether oxygens (including phenoxy) is 1. The number of nitrogens with zero attached hydrogens (tertiary/aromatic N) is 1. The Morgan fingerprint density at radius 1 is 1.12 bits per heavy atom. The van der Waals surface area contributed by atoms with Crippen LogP contribution >= 0.6 is 15.9 Å². The Kier molecular flexibility index (Phi) is 5.27. The summed E-state index contributed by atoms with van der Waals surface area (Å²) in [5.74, 6) is 0.548. The molecule has 1 aliphatic heterocycles. The third kappa shape index (κ3) is 3.50. The molecule has 0 N–H and O–H groups in total. The summed E-state index contributed by atoms with van der Waals surface area (Å²) in [5.41, 5.74) is 1.02. The lowest BCUT2D eigenvalue weighted by molar-refractivity contribution is 0.256. The van der Waals surface area contributed by atoms with Crippen molar-refractivity contribution in [1.82, 2.24) is 4.31 Å². The normalized spacial score (nSPS) is 19.2. The topological polar surface area (TPSA) is 46.6 Å². The largest absolute Gasteiger partial charge is 0.497 e. The van der Waals surface area contributed by atoms with E-state index in [4.69, 9.17) is 4.74 Å². The Bertz CT molecular complexity index is 823. The SMILES string of the molecule is COc1cccc(S(=O)(=O)N2CCCCC2c2cccc(Br)c2)c1. The number of benzene rings is 2.